The van der Waals surface area contributed by atoms with Crippen molar-refractivity contribution >= 4 is 23.6 Å². The molecule has 0 spiro atoms. The standard InChI is InChI=1S/C27H27N3O2S/c1-26(25(31)32)24(28-17-18-30-26)29-19-20-33-27(21-11-5-2-6-12-21,22-13-7-3-8-14-22)23-15-9-4-10-16-23/h2-18,30H,19-20H2,1H3,(H,28,29)(H,31,32)/p-1. The Balaban J connectivity index is 1.69. The molecule has 6 heteroatoms. The largest absolute Gasteiger partial charge is 0.547 e. The van der Waals surface area contributed by atoms with Crippen molar-refractivity contribution in [2.24, 2.45) is 4.99 Å². The maximum atomic E-state index is 11.7. The Labute approximate surface area is 198 Å². The smallest absolute Gasteiger partial charge is 0.132 e. The molecule has 4 rings (SSSR count). The lowest BCUT2D eigenvalue weighted by Gasteiger charge is -2.36. The van der Waals surface area contributed by atoms with E-state index in [0.717, 1.165) is 0 Å². The fraction of sp³-hybridized carbons (Fsp3) is 0.185. The molecule has 1 unspecified atom stereocenters. The number of hydrogen-bond acceptors (Lipinski definition) is 5. The summed E-state index contributed by atoms with van der Waals surface area (Å²) in [4.78, 5) is 16.3. The number of benzene rings is 3. The third kappa shape index (κ3) is 4.52. The molecular weight excluding hydrogens is 430 g/mol. The summed E-state index contributed by atoms with van der Waals surface area (Å²) in [6.45, 7) is 1.99. The number of carboxylic acids is 1. The fourth-order valence-corrected chi connectivity index (χ4v) is 5.42. The summed E-state index contributed by atoms with van der Waals surface area (Å²) in [5.74, 6) is -0.204. The van der Waals surface area contributed by atoms with E-state index in [9.17, 15) is 9.90 Å². The Morgan fingerprint density at radius 3 is 1.82 bits per heavy atom. The second-order valence-electron chi connectivity index (χ2n) is 7.89. The number of nitrogens with one attached hydrogen (secondary N) is 2. The van der Waals surface area contributed by atoms with Crippen LogP contribution in [0.5, 0.6) is 0 Å². The molecule has 1 heterocycles. The highest BCUT2D eigenvalue weighted by Crippen LogP contribution is 2.48. The van der Waals surface area contributed by atoms with Crippen LogP contribution in [-0.4, -0.2) is 29.6 Å². The van der Waals surface area contributed by atoms with Crippen LogP contribution >= 0.6 is 11.8 Å². The van der Waals surface area contributed by atoms with Gasteiger partial charge in [0.1, 0.15) is 11.4 Å². The van der Waals surface area contributed by atoms with Gasteiger partial charge in [-0.3, -0.25) is 4.99 Å². The van der Waals surface area contributed by atoms with E-state index in [-0.39, 0.29) is 0 Å². The molecule has 5 nitrogen and oxygen atoms in total. The van der Waals surface area contributed by atoms with Crippen LogP contribution in [0.15, 0.2) is 108 Å². The van der Waals surface area contributed by atoms with Gasteiger partial charge in [-0.2, -0.15) is 0 Å². The number of carbonyl (C=O) groups is 1. The third-order valence-corrected chi connectivity index (χ3v) is 7.30. The van der Waals surface area contributed by atoms with Crippen molar-refractivity contribution in [3.63, 3.8) is 0 Å². The van der Waals surface area contributed by atoms with Crippen LogP contribution in [-0.2, 0) is 9.54 Å². The maximum absolute atomic E-state index is 11.7. The number of nitrogens with zero attached hydrogens (tertiary/aromatic N) is 1. The first kappa shape index (κ1) is 22.7. The van der Waals surface area contributed by atoms with Gasteiger partial charge in [0.25, 0.3) is 0 Å². The summed E-state index contributed by atoms with van der Waals surface area (Å²) in [6, 6.07) is 31.4. The van der Waals surface area contributed by atoms with Crippen LogP contribution in [0.1, 0.15) is 23.6 Å². The molecule has 0 aromatic heterocycles. The van der Waals surface area contributed by atoms with Crippen molar-refractivity contribution in [1.29, 1.82) is 0 Å². The predicted molar refractivity (Wildman–Crippen MR) is 133 cm³/mol. The average molecular weight is 457 g/mol. The van der Waals surface area contributed by atoms with Crippen molar-refractivity contribution in [2.75, 3.05) is 12.3 Å². The van der Waals surface area contributed by atoms with Gasteiger partial charge in [0.2, 0.25) is 0 Å². The number of rotatable bonds is 8. The maximum Gasteiger partial charge on any atom is 0.132 e. The normalized spacial score (nSPS) is 19.0. The predicted octanol–water partition coefficient (Wildman–Crippen LogP) is 3.28. The quantitative estimate of drug-likeness (QED) is 0.402. The molecule has 1 aliphatic rings. The Bertz CT molecular complexity index is 1040. The first-order valence-electron chi connectivity index (χ1n) is 10.8. The van der Waals surface area contributed by atoms with E-state index in [1.54, 1.807) is 31.1 Å². The first-order valence-corrected chi connectivity index (χ1v) is 11.8. The highest BCUT2D eigenvalue weighted by molar-refractivity contribution is 8.00. The number of aliphatic carboxylic acids is 1. The van der Waals surface area contributed by atoms with E-state index in [0.29, 0.717) is 18.1 Å². The van der Waals surface area contributed by atoms with Crippen LogP contribution in [0.25, 0.3) is 0 Å². The SMILES string of the molecule is CC1(C(=O)[O-])NC=CNC1=NCCSC(c1ccccc1)(c1ccccc1)c1ccccc1. The van der Waals surface area contributed by atoms with Crippen LogP contribution in [0, 0.1) is 0 Å². The topological polar surface area (TPSA) is 76.5 Å². The molecule has 0 bridgehead atoms. The minimum Gasteiger partial charge on any atom is -0.547 e. The summed E-state index contributed by atoms with van der Waals surface area (Å²) in [6.07, 6.45) is 3.19. The summed E-state index contributed by atoms with van der Waals surface area (Å²) in [7, 11) is 0. The Morgan fingerprint density at radius 2 is 1.36 bits per heavy atom. The van der Waals surface area contributed by atoms with Crippen LogP contribution < -0.4 is 15.7 Å². The van der Waals surface area contributed by atoms with E-state index in [1.165, 1.54) is 16.7 Å². The lowest BCUT2D eigenvalue weighted by Crippen LogP contribution is -2.64. The average Bonchev–Trinajstić information content (AvgIpc) is 2.87. The van der Waals surface area contributed by atoms with E-state index in [2.05, 4.69) is 88.4 Å². The van der Waals surface area contributed by atoms with Crippen LogP contribution in [0.3, 0.4) is 0 Å². The van der Waals surface area contributed by atoms with Crippen molar-refractivity contribution in [1.82, 2.24) is 10.6 Å². The summed E-state index contributed by atoms with van der Waals surface area (Å²) >= 11 is 1.79. The molecule has 168 valence electrons. The summed E-state index contributed by atoms with van der Waals surface area (Å²) in [5, 5.41) is 17.5. The van der Waals surface area contributed by atoms with Gasteiger partial charge < -0.3 is 20.5 Å². The molecule has 33 heavy (non-hydrogen) atoms. The monoisotopic (exact) mass is 456 g/mol. The fourth-order valence-electron chi connectivity index (χ4n) is 4.03. The van der Waals surface area contributed by atoms with Crippen LogP contribution in [0.4, 0.5) is 0 Å². The van der Waals surface area contributed by atoms with E-state index < -0.39 is 16.3 Å². The molecule has 3 aromatic rings. The van der Waals surface area contributed by atoms with Gasteiger partial charge in [-0.25, -0.2) is 0 Å². The molecule has 0 aliphatic carbocycles. The minimum atomic E-state index is -1.38. The highest BCUT2D eigenvalue weighted by atomic mass is 32.2. The van der Waals surface area contributed by atoms with Gasteiger partial charge in [0.05, 0.1) is 17.3 Å². The third-order valence-electron chi connectivity index (χ3n) is 5.78. The van der Waals surface area contributed by atoms with Crippen molar-refractivity contribution in [3.05, 3.63) is 120 Å². The molecule has 1 aliphatic heterocycles. The Hall–Kier alpha value is -3.51. The van der Waals surface area contributed by atoms with Crippen molar-refractivity contribution < 1.29 is 9.90 Å². The molecule has 0 saturated carbocycles. The molecular formula is C27H26N3O2S-. The lowest BCUT2D eigenvalue weighted by atomic mass is 9.84. The van der Waals surface area contributed by atoms with Crippen molar-refractivity contribution in [2.45, 2.75) is 17.2 Å². The molecule has 0 fully saturated rings. The zero-order valence-electron chi connectivity index (χ0n) is 18.4. The van der Waals surface area contributed by atoms with Crippen LogP contribution in [0.2, 0.25) is 0 Å². The second-order valence-corrected chi connectivity index (χ2v) is 9.20. The Morgan fingerprint density at radius 1 is 0.879 bits per heavy atom. The number of aliphatic imine (C=N–C) groups is 1. The van der Waals surface area contributed by atoms with Gasteiger partial charge in [0.15, 0.2) is 0 Å². The number of carboxylic acid groups (broad SMARTS) is 1. The lowest BCUT2D eigenvalue weighted by molar-refractivity contribution is -0.310. The van der Waals surface area contributed by atoms with Gasteiger partial charge in [-0.05, 0) is 23.6 Å². The zero-order chi connectivity index (χ0) is 23.2. The zero-order valence-corrected chi connectivity index (χ0v) is 19.2. The van der Waals surface area contributed by atoms with Gasteiger partial charge >= 0.3 is 0 Å². The molecule has 2 N–H and O–H groups in total. The number of thioether (sulfide) groups is 1. The van der Waals surface area contributed by atoms with E-state index >= 15 is 0 Å². The molecule has 1 atom stereocenters. The Kier molecular flexibility index (Phi) is 6.84. The molecule has 3 aromatic carbocycles. The van der Waals surface area contributed by atoms with E-state index in [1.807, 2.05) is 18.2 Å². The molecule has 0 saturated heterocycles. The highest BCUT2D eigenvalue weighted by Gasteiger charge is 2.37. The number of carbonyl (C=O) groups excluding carboxylic acids is 1. The van der Waals surface area contributed by atoms with Gasteiger partial charge in [-0.1, -0.05) is 91.0 Å². The second kappa shape index (κ2) is 9.96. The van der Waals surface area contributed by atoms with E-state index in [4.69, 9.17) is 0 Å². The number of hydrogen-bond donors (Lipinski definition) is 2. The number of amidine groups is 1. The summed E-state index contributed by atoms with van der Waals surface area (Å²) < 4.78 is -0.431. The minimum absolute atomic E-state index is 0.343. The summed E-state index contributed by atoms with van der Waals surface area (Å²) in [5.41, 5.74) is 2.16. The first-order chi connectivity index (χ1) is 16.1. The molecule has 0 amide bonds. The molecule has 0 radical (unpaired) electrons. The van der Waals surface area contributed by atoms with Crippen molar-refractivity contribution in [3.8, 4) is 0 Å². The van der Waals surface area contributed by atoms with Gasteiger partial charge in [0, 0.05) is 18.2 Å². The van der Waals surface area contributed by atoms with Gasteiger partial charge in [-0.15, -0.1) is 11.8 Å².